The highest BCUT2D eigenvalue weighted by Crippen LogP contribution is 2.42. The molecule has 1 aliphatic heterocycles. The summed E-state index contributed by atoms with van der Waals surface area (Å²) >= 11 is 1.12. The van der Waals surface area contributed by atoms with Crippen LogP contribution in [-0.4, -0.2) is 21.0 Å². The second-order valence-electron chi connectivity index (χ2n) is 6.82. The molecule has 0 unspecified atom stereocenters. The number of nitrogens with zero attached hydrogens (tertiary/aromatic N) is 4. The van der Waals surface area contributed by atoms with Crippen LogP contribution < -0.4 is 10.3 Å². The van der Waals surface area contributed by atoms with E-state index in [-0.39, 0.29) is 27.6 Å². The monoisotopic (exact) mass is 420 g/mol. The van der Waals surface area contributed by atoms with Gasteiger partial charge in [-0.25, -0.2) is 0 Å². The first-order valence-corrected chi connectivity index (χ1v) is 9.75. The van der Waals surface area contributed by atoms with Gasteiger partial charge in [-0.2, -0.15) is 0 Å². The largest absolute Gasteiger partial charge is 0.450 e. The molecule has 0 bridgehead atoms. The Labute approximate surface area is 172 Å². The van der Waals surface area contributed by atoms with Gasteiger partial charge in [0.1, 0.15) is 11.1 Å². The van der Waals surface area contributed by atoms with E-state index in [0.29, 0.717) is 16.5 Å². The van der Waals surface area contributed by atoms with Crippen molar-refractivity contribution in [3.05, 3.63) is 90.8 Å². The summed E-state index contributed by atoms with van der Waals surface area (Å²) in [5.74, 6) is -0.638. The van der Waals surface area contributed by atoms with Crippen LogP contribution in [0.2, 0.25) is 0 Å². The fraction of sp³-hybridized carbons (Fsp3) is 0.100. The molecule has 30 heavy (non-hydrogen) atoms. The van der Waals surface area contributed by atoms with Crippen LogP contribution in [0.15, 0.2) is 57.2 Å². The first-order chi connectivity index (χ1) is 14.5. The van der Waals surface area contributed by atoms with Crippen molar-refractivity contribution in [2.75, 3.05) is 4.90 Å². The van der Waals surface area contributed by atoms with Crippen molar-refractivity contribution < 1.29 is 14.1 Å². The van der Waals surface area contributed by atoms with Crippen molar-refractivity contribution in [1.29, 1.82) is 0 Å². The van der Waals surface area contributed by atoms with E-state index in [1.54, 1.807) is 24.3 Å². The van der Waals surface area contributed by atoms with E-state index >= 15 is 0 Å². The summed E-state index contributed by atoms with van der Waals surface area (Å²) in [6, 6.07) is 10.1. The Kier molecular flexibility index (Phi) is 3.97. The molecular weight excluding hydrogens is 408 g/mol. The van der Waals surface area contributed by atoms with E-state index in [4.69, 9.17) is 4.42 Å². The van der Waals surface area contributed by atoms with Gasteiger partial charge < -0.3 is 4.42 Å². The summed E-state index contributed by atoms with van der Waals surface area (Å²) in [5.41, 5.74) is 2.67. The van der Waals surface area contributed by atoms with Gasteiger partial charge in [0.2, 0.25) is 10.9 Å². The lowest BCUT2D eigenvalue weighted by Gasteiger charge is -2.21. The fourth-order valence-electron chi connectivity index (χ4n) is 3.68. The number of hydrogen-bond acceptors (Lipinski definition) is 8. The average molecular weight is 420 g/mol. The highest BCUT2D eigenvalue weighted by atomic mass is 32.1. The molecule has 1 aliphatic rings. The molecule has 0 N–H and O–H groups in total. The van der Waals surface area contributed by atoms with Crippen molar-refractivity contribution >= 4 is 39.0 Å². The van der Waals surface area contributed by atoms with E-state index in [2.05, 4.69) is 10.2 Å². The molecule has 9 nitrogen and oxygen atoms in total. The topological polar surface area (TPSA) is 119 Å². The molecule has 4 aromatic rings. The van der Waals surface area contributed by atoms with E-state index in [9.17, 15) is 19.7 Å². The summed E-state index contributed by atoms with van der Waals surface area (Å²) in [5, 5.41) is 19.7. The first kappa shape index (κ1) is 18.1. The predicted molar refractivity (Wildman–Crippen MR) is 109 cm³/mol. The third-order valence-electron chi connectivity index (χ3n) is 4.98. The number of aryl methyl sites for hydroxylation is 1. The lowest BCUT2D eigenvalue weighted by atomic mass is 9.98. The number of non-ortho nitro benzene ring substituents is 1. The standard InChI is InChI=1S/C20H12N4O5S/c1-10-5-6-14-13(7-10)17(25)15-16(11-3-2-4-12(8-11)24(27)28)23(19(26)18(15)29-14)20-22-21-9-30-20/h2-9,16H,1H3/t16-/m1/s1. The molecule has 0 saturated heterocycles. The van der Waals surface area contributed by atoms with Gasteiger partial charge in [-0.05, 0) is 24.6 Å². The van der Waals surface area contributed by atoms with Crippen LogP contribution in [0.5, 0.6) is 0 Å². The number of nitro benzene ring substituents is 1. The van der Waals surface area contributed by atoms with Crippen LogP contribution >= 0.6 is 11.3 Å². The van der Waals surface area contributed by atoms with E-state index in [0.717, 1.165) is 16.9 Å². The Bertz CT molecular complexity index is 1400. The summed E-state index contributed by atoms with van der Waals surface area (Å²) in [7, 11) is 0. The molecule has 2 aromatic heterocycles. The Morgan fingerprint density at radius 1 is 1.20 bits per heavy atom. The molecule has 0 aliphatic carbocycles. The quantitative estimate of drug-likeness (QED) is 0.367. The zero-order valence-corrected chi connectivity index (χ0v) is 16.3. The number of aromatic nitrogens is 2. The molecule has 0 saturated carbocycles. The van der Waals surface area contributed by atoms with Gasteiger partial charge in [0.25, 0.3) is 11.6 Å². The maximum Gasteiger partial charge on any atom is 0.297 e. The van der Waals surface area contributed by atoms with Crippen molar-refractivity contribution in [2.24, 2.45) is 0 Å². The van der Waals surface area contributed by atoms with Gasteiger partial charge in [0, 0.05) is 12.1 Å². The zero-order chi connectivity index (χ0) is 21.0. The summed E-state index contributed by atoms with van der Waals surface area (Å²) < 4.78 is 5.84. The Morgan fingerprint density at radius 2 is 2.03 bits per heavy atom. The van der Waals surface area contributed by atoms with Crippen LogP contribution in [0.1, 0.15) is 33.3 Å². The lowest BCUT2D eigenvalue weighted by Crippen LogP contribution is -2.29. The number of benzene rings is 2. The van der Waals surface area contributed by atoms with Gasteiger partial charge >= 0.3 is 0 Å². The number of amides is 1. The lowest BCUT2D eigenvalue weighted by molar-refractivity contribution is -0.384. The predicted octanol–water partition coefficient (Wildman–Crippen LogP) is 3.61. The summed E-state index contributed by atoms with van der Waals surface area (Å²) in [6.45, 7) is 1.85. The number of carbonyl (C=O) groups excluding carboxylic acids is 1. The summed E-state index contributed by atoms with van der Waals surface area (Å²) in [6.07, 6.45) is 0. The van der Waals surface area contributed by atoms with Crippen LogP contribution in [0.3, 0.4) is 0 Å². The van der Waals surface area contributed by atoms with Crippen molar-refractivity contribution in [2.45, 2.75) is 13.0 Å². The number of fused-ring (bicyclic) bond motifs is 2. The SMILES string of the molecule is Cc1ccc2oc3c(c(=O)c2c1)[C@@H](c1cccc([N+](=O)[O-])c1)N(c1nncs1)C3=O. The van der Waals surface area contributed by atoms with Crippen LogP contribution in [0, 0.1) is 17.0 Å². The summed E-state index contributed by atoms with van der Waals surface area (Å²) in [4.78, 5) is 38.8. The Morgan fingerprint density at radius 3 is 2.77 bits per heavy atom. The highest BCUT2D eigenvalue weighted by molar-refractivity contribution is 7.13. The maximum atomic E-state index is 13.4. The van der Waals surface area contributed by atoms with Gasteiger partial charge in [0.15, 0.2) is 5.43 Å². The molecule has 1 atom stereocenters. The molecule has 148 valence electrons. The molecule has 0 radical (unpaired) electrons. The molecular formula is C20H12N4O5S. The number of anilines is 1. The normalized spacial score (nSPS) is 15.6. The Hall–Kier alpha value is -3.92. The molecule has 5 rings (SSSR count). The van der Waals surface area contributed by atoms with Crippen molar-refractivity contribution in [3.8, 4) is 0 Å². The Balaban J connectivity index is 1.83. The number of carbonyl (C=O) groups is 1. The molecule has 1 amide bonds. The first-order valence-electron chi connectivity index (χ1n) is 8.87. The van der Waals surface area contributed by atoms with Gasteiger partial charge in [-0.15, -0.1) is 10.2 Å². The second kappa shape index (κ2) is 6.56. The second-order valence-corrected chi connectivity index (χ2v) is 7.64. The van der Waals surface area contributed by atoms with Crippen molar-refractivity contribution in [1.82, 2.24) is 10.2 Å². The fourth-order valence-corrected chi connectivity index (χ4v) is 4.26. The molecule has 10 heteroatoms. The third-order valence-corrected chi connectivity index (χ3v) is 5.67. The van der Waals surface area contributed by atoms with E-state index in [1.807, 2.05) is 6.92 Å². The van der Waals surface area contributed by atoms with Crippen LogP contribution in [0.4, 0.5) is 10.8 Å². The third kappa shape index (κ3) is 2.61. The zero-order valence-electron chi connectivity index (χ0n) is 15.4. The van der Waals surface area contributed by atoms with Gasteiger partial charge in [-0.1, -0.05) is 35.1 Å². The van der Waals surface area contributed by atoms with Gasteiger partial charge in [0.05, 0.1) is 21.9 Å². The smallest absolute Gasteiger partial charge is 0.297 e. The number of hydrogen-bond donors (Lipinski definition) is 0. The minimum atomic E-state index is -0.915. The minimum Gasteiger partial charge on any atom is -0.450 e. The molecule has 0 spiro atoms. The number of nitro groups is 1. The van der Waals surface area contributed by atoms with E-state index in [1.165, 1.54) is 28.6 Å². The van der Waals surface area contributed by atoms with E-state index < -0.39 is 16.9 Å². The van der Waals surface area contributed by atoms with Crippen LogP contribution in [0.25, 0.3) is 11.0 Å². The molecule has 3 heterocycles. The average Bonchev–Trinajstić information content (AvgIpc) is 3.35. The molecule has 0 fully saturated rings. The van der Waals surface area contributed by atoms with Crippen molar-refractivity contribution in [3.63, 3.8) is 0 Å². The van der Waals surface area contributed by atoms with Gasteiger partial charge in [-0.3, -0.25) is 24.6 Å². The number of rotatable bonds is 3. The highest BCUT2D eigenvalue weighted by Gasteiger charge is 2.45. The van der Waals surface area contributed by atoms with Crippen LogP contribution in [-0.2, 0) is 0 Å². The molecule has 2 aromatic carbocycles. The maximum absolute atomic E-state index is 13.4. The minimum absolute atomic E-state index is 0.0944.